The molecule has 1 aromatic carbocycles. The van der Waals surface area contributed by atoms with Crippen molar-refractivity contribution in [2.45, 2.75) is 6.18 Å². The molecule has 150 valence electrons. The Labute approximate surface area is 164 Å². The minimum absolute atomic E-state index is 0.299. The summed E-state index contributed by atoms with van der Waals surface area (Å²) in [5.74, 6) is 0.609. The van der Waals surface area contributed by atoms with Crippen molar-refractivity contribution < 1.29 is 18.0 Å². The van der Waals surface area contributed by atoms with Crippen LogP contribution in [0.15, 0.2) is 54.9 Å². The number of alkyl halides is 3. The van der Waals surface area contributed by atoms with Crippen molar-refractivity contribution in [3.05, 3.63) is 66.0 Å². The van der Waals surface area contributed by atoms with Crippen LogP contribution in [-0.2, 0) is 6.18 Å². The third-order valence-electron chi connectivity index (χ3n) is 4.73. The Kier molecular flexibility index (Phi) is 4.91. The number of carbonyl (C=O) groups is 1. The van der Waals surface area contributed by atoms with Crippen LogP contribution in [0.1, 0.15) is 15.9 Å². The second kappa shape index (κ2) is 7.53. The van der Waals surface area contributed by atoms with E-state index in [2.05, 4.69) is 15.3 Å². The summed E-state index contributed by atoms with van der Waals surface area (Å²) in [7, 11) is 0. The number of rotatable bonds is 3. The average Bonchev–Trinajstić information content (AvgIpc) is 3.28. The predicted molar refractivity (Wildman–Crippen MR) is 98.7 cm³/mol. The summed E-state index contributed by atoms with van der Waals surface area (Å²) in [5.41, 5.74) is -1.23. The molecule has 0 saturated carbocycles. The van der Waals surface area contributed by atoms with Gasteiger partial charge in [0.1, 0.15) is 0 Å². The molecule has 1 aliphatic heterocycles. The molecule has 0 unspecified atom stereocenters. The number of anilines is 1. The van der Waals surface area contributed by atoms with Gasteiger partial charge in [0.2, 0.25) is 0 Å². The van der Waals surface area contributed by atoms with Crippen LogP contribution >= 0.6 is 0 Å². The van der Waals surface area contributed by atoms with Crippen molar-refractivity contribution in [2.75, 3.05) is 31.1 Å². The van der Waals surface area contributed by atoms with Crippen LogP contribution in [-0.4, -0.2) is 57.0 Å². The lowest BCUT2D eigenvalue weighted by Gasteiger charge is -2.35. The first kappa shape index (κ1) is 18.9. The predicted octanol–water partition coefficient (Wildman–Crippen LogP) is 2.64. The van der Waals surface area contributed by atoms with Gasteiger partial charge in [-0.05, 0) is 30.3 Å². The molecule has 7 nitrogen and oxygen atoms in total. The van der Waals surface area contributed by atoms with Crippen molar-refractivity contribution in [3.8, 4) is 5.82 Å². The summed E-state index contributed by atoms with van der Waals surface area (Å²) in [5, 5.41) is 12.4. The monoisotopic (exact) mass is 402 g/mol. The van der Waals surface area contributed by atoms with Gasteiger partial charge in [0, 0.05) is 38.6 Å². The lowest BCUT2D eigenvalue weighted by molar-refractivity contribution is -0.138. The van der Waals surface area contributed by atoms with Gasteiger partial charge in [-0.1, -0.05) is 12.1 Å². The highest BCUT2D eigenvalue weighted by molar-refractivity contribution is 5.96. The van der Waals surface area contributed by atoms with Gasteiger partial charge < -0.3 is 9.80 Å². The van der Waals surface area contributed by atoms with E-state index in [0.717, 1.165) is 6.07 Å². The Morgan fingerprint density at radius 1 is 0.897 bits per heavy atom. The molecule has 0 spiro atoms. The van der Waals surface area contributed by atoms with Crippen molar-refractivity contribution in [3.63, 3.8) is 0 Å². The normalized spacial score (nSPS) is 14.9. The van der Waals surface area contributed by atoms with E-state index >= 15 is 0 Å². The first-order valence-corrected chi connectivity index (χ1v) is 8.98. The SMILES string of the molecule is O=C(c1ccccc1C(F)(F)F)N1CCN(c2ccc(-n3cccn3)nn2)CC1. The van der Waals surface area contributed by atoms with Gasteiger partial charge in [-0.3, -0.25) is 4.79 Å². The lowest BCUT2D eigenvalue weighted by Crippen LogP contribution is -2.49. The van der Waals surface area contributed by atoms with Gasteiger partial charge in [-0.2, -0.15) is 18.3 Å². The van der Waals surface area contributed by atoms with E-state index in [9.17, 15) is 18.0 Å². The molecule has 0 atom stereocenters. The van der Waals surface area contributed by atoms with Crippen LogP contribution in [0.5, 0.6) is 0 Å². The summed E-state index contributed by atoms with van der Waals surface area (Å²) in [6.07, 6.45) is -1.17. The van der Waals surface area contributed by atoms with Crippen LogP contribution in [0, 0.1) is 0 Å². The largest absolute Gasteiger partial charge is 0.417 e. The highest BCUT2D eigenvalue weighted by atomic mass is 19.4. The zero-order chi connectivity index (χ0) is 20.4. The Morgan fingerprint density at radius 3 is 2.21 bits per heavy atom. The fraction of sp³-hybridized carbons (Fsp3) is 0.263. The first-order chi connectivity index (χ1) is 13.9. The fourth-order valence-electron chi connectivity index (χ4n) is 3.24. The van der Waals surface area contributed by atoms with E-state index in [0.29, 0.717) is 37.8 Å². The van der Waals surface area contributed by atoms with Gasteiger partial charge in [0.25, 0.3) is 5.91 Å². The summed E-state index contributed by atoms with van der Waals surface area (Å²) in [4.78, 5) is 16.0. The smallest absolute Gasteiger partial charge is 0.352 e. The Morgan fingerprint density at radius 2 is 1.59 bits per heavy atom. The van der Waals surface area contributed by atoms with Crippen LogP contribution in [0.3, 0.4) is 0 Å². The number of hydrogen-bond donors (Lipinski definition) is 0. The van der Waals surface area contributed by atoms with Gasteiger partial charge >= 0.3 is 6.18 Å². The van der Waals surface area contributed by atoms with Crippen LogP contribution < -0.4 is 4.90 Å². The van der Waals surface area contributed by atoms with Gasteiger partial charge in [-0.15, -0.1) is 10.2 Å². The molecular weight excluding hydrogens is 385 g/mol. The van der Waals surface area contributed by atoms with E-state index in [1.807, 2.05) is 4.90 Å². The molecule has 2 aromatic heterocycles. The maximum Gasteiger partial charge on any atom is 0.417 e. The molecule has 10 heteroatoms. The van der Waals surface area contributed by atoms with E-state index < -0.39 is 17.6 Å². The molecule has 3 heterocycles. The number of halogens is 3. The number of hydrogen-bond acceptors (Lipinski definition) is 5. The molecule has 1 fully saturated rings. The maximum atomic E-state index is 13.2. The molecular formula is C19H17F3N6O. The molecule has 0 aliphatic carbocycles. The summed E-state index contributed by atoms with van der Waals surface area (Å²) >= 11 is 0. The molecule has 1 aliphatic rings. The number of carbonyl (C=O) groups excluding carboxylic acids is 1. The van der Waals surface area contributed by atoms with E-state index in [1.54, 1.807) is 35.3 Å². The van der Waals surface area contributed by atoms with Crippen molar-refractivity contribution in [2.24, 2.45) is 0 Å². The quantitative estimate of drug-likeness (QED) is 0.674. The Hall–Kier alpha value is -3.43. The second-order valence-corrected chi connectivity index (χ2v) is 6.52. The van der Waals surface area contributed by atoms with Crippen molar-refractivity contribution in [1.29, 1.82) is 0 Å². The first-order valence-electron chi connectivity index (χ1n) is 8.98. The third-order valence-corrected chi connectivity index (χ3v) is 4.73. The molecule has 1 saturated heterocycles. The molecule has 4 rings (SSSR count). The highest BCUT2D eigenvalue weighted by Crippen LogP contribution is 2.32. The minimum atomic E-state index is -4.57. The number of nitrogens with zero attached hydrogens (tertiary/aromatic N) is 6. The summed E-state index contributed by atoms with van der Waals surface area (Å²) < 4.78 is 41.2. The molecule has 1 amide bonds. The van der Waals surface area contributed by atoms with E-state index in [1.165, 1.54) is 23.1 Å². The number of piperazine rings is 1. The van der Waals surface area contributed by atoms with Crippen LogP contribution in [0.25, 0.3) is 5.82 Å². The lowest BCUT2D eigenvalue weighted by atomic mass is 10.1. The summed E-state index contributed by atoms with van der Waals surface area (Å²) in [6, 6.07) is 10.2. The third kappa shape index (κ3) is 3.91. The van der Waals surface area contributed by atoms with Gasteiger partial charge in [0.15, 0.2) is 11.6 Å². The Bertz CT molecular complexity index is 980. The topological polar surface area (TPSA) is 67.2 Å². The molecule has 0 radical (unpaired) electrons. The second-order valence-electron chi connectivity index (χ2n) is 6.52. The summed E-state index contributed by atoms with van der Waals surface area (Å²) in [6.45, 7) is 1.51. The van der Waals surface area contributed by atoms with E-state index in [4.69, 9.17) is 0 Å². The van der Waals surface area contributed by atoms with Crippen LogP contribution in [0.2, 0.25) is 0 Å². The highest BCUT2D eigenvalue weighted by Gasteiger charge is 2.36. The van der Waals surface area contributed by atoms with Gasteiger partial charge in [0.05, 0.1) is 11.1 Å². The van der Waals surface area contributed by atoms with Crippen LogP contribution in [0.4, 0.5) is 19.0 Å². The number of amides is 1. The van der Waals surface area contributed by atoms with E-state index in [-0.39, 0.29) is 5.56 Å². The average molecular weight is 402 g/mol. The Balaban J connectivity index is 1.43. The standard InChI is InChI=1S/C19H17F3N6O/c20-19(21,22)15-5-2-1-4-14(15)18(29)27-12-10-26(11-13-27)16-6-7-17(25-24-16)28-9-3-8-23-28/h1-9H,10-13H2. The fourth-order valence-corrected chi connectivity index (χ4v) is 3.24. The number of aromatic nitrogens is 4. The maximum absolute atomic E-state index is 13.2. The van der Waals surface area contributed by atoms with Crippen molar-refractivity contribution in [1.82, 2.24) is 24.9 Å². The van der Waals surface area contributed by atoms with Gasteiger partial charge in [-0.25, -0.2) is 4.68 Å². The van der Waals surface area contributed by atoms with Crippen molar-refractivity contribution >= 4 is 11.7 Å². The molecule has 0 bridgehead atoms. The number of benzene rings is 1. The molecule has 3 aromatic rings. The minimum Gasteiger partial charge on any atom is -0.352 e. The molecule has 0 N–H and O–H groups in total. The molecule has 29 heavy (non-hydrogen) atoms. The zero-order valence-corrected chi connectivity index (χ0v) is 15.3. The zero-order valence-electron chi connectivity index (χ0n) is 15.3.